The summed E-state index contributed by atoms with van der Waals surface area (Å²) >= 11 is 9.48. The second-order valence-electron chi connectivity index (χ2n) is 4.61. The normalized spacial score (nSPS) is 15.2. The van der Waals surface area contributed by atoms with Gasteiger partial charge in [0, 0.05) is 15.9 Å². The second kappa shape index (κ2) is 6.04. The van der Waals surface area contributed by atoms with Crippen LogP contribution in [0.4, 0.5) is 0 Å². The fraction of sp³-hybridized carbons (Fsp3) is 0.538. The van der Waals surface area contributed by atoms with Crippen molar-refractivity contribution in [2.75, 3.05) is 0 Å². The van der Waals surface area contributed by atoms with Crippen molar-refractivity contribution in [3.05, 3.63) is 33.3 Å². The molecule has 1 N–H and O–H groups in total. The summed E-state index contributed by atoms with van der Waals surface area (Å²) in [5, 5.41) is 10.8. The first-order valence-electron chi connectivity index (χ1n) is 5.53. The number of halogens is 2. The summed E-state index contributed by atoms with van der Waals surface area (Å²) in [6.07, 6.45) is 0.282. The number of aliphatic hydroxyl groups is 1. The van der Waals surface area contributed by atoms with E-state index >= 15 is 0 Å². The molecule has 0 aliphatic carbocycles. The van der Waals surface area contributed by atoms with Gasteiger partial charge in [0.25, 0.3) is 0 Å². The Morgan fingerprint density at radius 2 is 1.94 bits per heavy atom. The van der Waals surface area contributed by atoms with Crippen LogP contribution in [0.15, 0.2) is 22.7 Å². The highest BCUT2D eigenvalue weighted by Gasteiger charge is 2.18. The van der Waals surface area contributed by atoms with Gasteiger partial charge in [0.2, 0.25) is 0 Å². The SMILES string of the molecule is CC(C)C(C)C(O)Cc1ccc(Br)cc1Cl. The maximum Gasteiger partial charge on any atom is 0.0609 e. The smallest absolute Gasteiger partial charge is 0.0609 e. The van der Waals surface area contributed by atoms with Crippen molar-refractivity contribution in [1.29, 1.82) is 0 Å². The maximum atomic E-state index is 10.1. The molecule has 1 rings (SSSR count). The maximum absolute atomic E-state index is 10.1. The second-order valence-corrected chi connectivity index (χ2v) is 5.93. The van der Waals surface area contributed by atoms with Gasteiger partial charge < -0.3 is 5.11 Å². The third kappa shape index (κ3) is 3.76. The van der Waals surface area contributed by atoms with Crippen molar-refractivity contribution in [2.24, 2.45) is 11.8 Å². The summed E-state index contributed by atoms with van der Waals surface area (Å²) < 4.78 is 0.965. The first-order chi connectivity index (χ1) is 7.41. The van der Waals surface area contributed by atoms with Gasteiger partial charge in [0.15, 0.2) is 0 Å². The summed E-state index contributed by atoms with van der Waals surface area (Å²) in [5.74, 6) is 0.754. The Morgan fingerprint density at radius 1 is 1.31 bits per heavy atom. The molecule has 0 aromatic heterocycles. The number of aliphatic hydroxyl groups excluding tert-OH is 1. The van der Waals surface area contributed by atoms with Crippen LogP contribution in [0.2, 0.25) is 5.02 Å². The Labute approximate surface area is 111 Å². The van der Waals surface area contributed by atoms with Gasteiger partial charge in [-0.1, -0.05) is 54.4 Å². The van der Waals surface area contributed by atoms with E-state index in [1.807, 2.05) is 18.2 Å². The molecule has 0 fully saturated rings. The third-order valence-electron chi connectivity index (χ3n) is 3.10. The van der Waals surface area contributed by atoms with Crippen LogP contribution in [0.25, 0.3) is 0 Å². The Bertz CT molecular complexity index is 352. The van der Waals surface area contributed by atoms with Crippen molar-refractivity contribution in [3.8, 4) is 0 Å². The Balaban J connectivity index is 2.73. The fourth-order valence-electron chi connectivity index (χ4n) is 1.54. The van der Waals surface area contributed by atoms with Gasteiger partial charge in [-0.25, -0.2) is 0 Å². The van der Waals surface area contributed by atoms with E-state index in [0.29, 0.717) is 17.4 Å². The Hall–Kier alpha value is -0.0500. The van der Waals surface area contributed by atoms with Crippen LogP contribution in [-0.4, -0.2) is 11.2 Å². The number of hydrogen-bond donors (Lipinski definition) is 1. The van der Waals surface area contributed by atoms with Crippen LogP contribution in [-0.2, 0) is 6.42 Å². The minimum Gasteiger partial charge on any atom is -0.392 e. The number of rotatable bonds is 4. The highest BCUT2D eigenvalue weighted by atomic mass is 79.9. The lowest BCUT2D eigenvalue weighted by atomic mass is 9.89. The van der Waals surface area contributed by atoms with E-state index in [9.17, 15) is 5.11 Å². The molecule has 0 bridgehead atoms. The van der Waals surface area contributed by atoms with Gasteiger partial charge in [0.05, 0.1) is 6.10 Å². The van der Waals surface area contributed by atoms with Crippen LogP contribution in [0.3, 0.4) is 0 Å². The first-order valence-corrected chi connectivity index (χ1v) is 6.71. The van der Waals surface area contributed by atoms with Gasteiger partial charge >= 0.3 is 0 Å². The van der Waals surface area contributed by atoms with Gasteiger partial charge in [-0.2, -0.15) is 0 Å². The molecule has 3 heteroatoms. The molecule has 0 saturated carbocycles. The zero-order valence-electron chi connectivity index (χ0n) is 9.87. The van der Waals surface area contributed by atoms with Gasteiger partial charge in [-0.15, -0.1) is 0 Å². The molecule has 0 radical (unpaired) electrons. The Morgan fingerprint density at radius 3 is 2.44 bits per heavy atom. The van der Waals surface area contributed by atoms with E-state index in [2.05, 4.69) is 36.7 Å². The summed E-state index contributed by atoms with van der Waals surface area (Å²) in [5.41, 5.74) is 1.00. The van der Waals surface area contributed by atoms with Crippen molar-refractivity contribution in [2.45, 2.75) is 33.3 Å². The van der Waals surface area contributed by atoms with Crippen molar-refractivity contribution in [1.82, 2.24) is 0 Å². The molecule has 0 aliphatic rings. The van der Waals surface area contributed by atoms with E-state index in [0.717, 1.165) is 10.0 Å². The highest BCUT2D eigenvalue weighted by molar-refractivity contribution is 9.10. The minimum absolute atomic E-state index is 0.278. The molecular weight excluding hydrogens is 287 g/mol. The standard InChI is InChI=1S/C13H18BrClO/c1-8(2)9(3)13(16)6-10-4-5-11(14)7-12(10)15/h4-5,7-9,13,16H,6H2,1-3H3. The van der Waals surface area contributed by atoms with Crippen LogP contribution in [0, 0.1) is 11.8 Å². The topological polar surface area (TPSA) is 20.2 Å². The molecule has 1 aromatic rings. The molecule has 0 saturated heterocycles. The average Bonchev–Trinajstić information content (AvgIpc) is 2.20. The predicted molar refractivity (Wildman–Crippen MR) is 72.9 cm³/mol. The van der Waals surface area contributed by atoms with Crippen molar-refractivity contribution >= 4 is 27.5 Å². The molecular formula is C13H18BrClO. The number of benzene rings is 1. The quantitative estimate of drug-likeness (QED) is 0.879. The van der Waals surface area contributed by atoms with Crippen LogP contribution >= 0.6 is 27.5 Å². The van der Waals surface area contributed by atoms with Crippen molar-refractivity contribution < 1.29 is 5.11 Å². The lowest BCUT2D eigenvalue weighted by Crippen LogP contribution is -2.24. The average molecular weight is 306 g/mol. The molecule has 90 valence electrons. The lowest BCUT2D eigenvalue weighted by molar-refractivity contribution is 0.0922. The summed E-state index contributed by atoms with van der Waals surface area (Å²) in [7, 11) is 0. The highest BCUT2D eigenvalue weighted by Crippen LogP contribution is 2.25. The molecule has 1 nitrogen and oxygen atoms in total. The minimum atomic E-state index is -0.335. The van der Waals surface area contributed by atoms with Gasteiger partial charge in [-0.05, 0) is 29.5 Å². The van der Waals surface area contributed by atoms with Crippen LogP contribution < -0.4 is 0 Å². The van der Waals surface area contributed by atoms with Crippen LogP contribution in [0.1, 0.15) is 26.3 Å². The van der Waals surface area contributed by atoms with Crippen molar-refractivity contribution in [3.63, 3.8) is 0 Å². The molecule has 0 amide bonds. The molecule has 1 aromatic carbocycles. The third-order valence-corrected chi connectivity index (χ3v) is 3.95. The first kappa shape index (κ1) is 14.0. The van der Waals surface area contributed by atoms with Gasteiger partial charge in [0.1, 0.15) is 0 Å². The molecule has 16 heavy (non-hydrogen) atoms. The monoisotopic (exact) mass is 304 g/mol. The molecule has 2 unspecified atom stereocenters. The summed E-state index contributed by atoms with van der Waals surface area (Å²) in [6.45, 7) is 6.32. The zero-order chi connectivity index (χ0) is 12.3. The summed E-state index contributed by atoms with van der Waals surface area (Å²) in [6, 6.07) is 5.78. The largest absolute Gasteiger partial charge is 0.392 e. The molecule has 0 spiro atoms. The van der Waals surface area contributed by atoms with E-state index in [-0.39, 0.29) is 12.0 Å². The van der Waals surface area contributed by atoms with Crippen LogP contribution in [0.5, 0.6) is 0 Å². The predicted octanol–water partition coefficient (Wildman–Crippen LogP) is 4.30. The van der Waals surface area contributed by atoms with E-state index in [4.69, 9.17) is 11.6 Å². The number of hydrogen-bond acceptors (Lipinski definition) is 1. The Kier molecular flexibility index (Phi) is 5.29. The fourth-order valence-corrected chi connectivity index (χ4v) is 2.29. The van der Waals surface area contributed by atoms with E-state index in [1.165, 1.54) is 0 Å². The molecule has 0 aliphatic heterocycles. The zero-order valence-corrected chi connectivity index (χ0v) is 12.2. The lowest BCUT2D eigenvalue weighted by Gasteiger charge is -2.22. The van der Waals surface area contributed by atoms with Gasteiger partial charge in [-0.3, -0.25) is 0 Å². The van der Waals surface area contributed by atoms with E-state index in [1.54, 1.807) is 0 Å². The van der Waals surface area contributed by atoms with E-state index < -0.39 is 0 Å². The summed E-state index contributed by atoms with van der Waals surface area (Å²) in [4.78, 5) is 0. The molecule has 2 atom stereocenters. The molecule has 0 heterocycles.